The highest BCUT2D eigenvalue weighted by molar-refractivity contribution is 7.18. The van der Waals surface area contributed by atoms with Crippen LogP contribution in [-0.4, -0.2) is 17.0 Å². The third-order valence-electron chi connectivity index (χ3n) is 2.65. The maximum atomic E-state index is 5.81. The molecule has 17 heavy (non-hydrogen) atoms. The summed E-state index contributed by atoms with van der Waals surface area (Å²) in [5.74, 6) is 8.46. The summed E-state index contributed by atoms with van der Waals surface area (Å²) in [7, 11) is 1.82. The van der Waals surface area contributed by atoms with Gasteiger partial charge in [-0.3, -0.25) is 5.84 Å². The van der Waals surface area contributed by atoms with Crippen molar-refractivity contribution in [1.82, 2.24) is 9.99 Å². The predicted octanol–water partition coefficient (Wildman–Crippen LogP) is 2.47. The summed E-state index contributed by atoms with van der Waals surface area (Å²) in [5, 5.41) is 2.61. The zero-order chi connectivity index (χ0) is 12.4. The summed E-state index contributed by atoms with van der Waals surface area (Å²) in [6.07, 6.45) is 5.94. The fourth-order valence-corrected chi connectivity index (χ4v) is 2.82. The topological polar surface area (TPSA) is 42.2 Å². The van der Waals surface area contributed by atoms with Crippen LogP contribution >= 0.6 is 11.3 Å². The third kappa shape index (κ3) is 2.47. The lowest BCUT2D eigenvalue weighted by Crippen LogP contribution is -2.30. The van der Waals surface area contributed by atoms with Crippen molar-refractivity contribution in [2.75, 3.05) is 7.05 Å². The molecule has 2 aromatic rings. The van der Waals surface area contributed by atoms with E-state index in [4.69, 9.17) is 12.3 Å². The van der Waals surface area contributed by atoms with Crippen LogP contribution in [0.4, 0.5) is 0 Å². The molecule has 0 radical (unpaired) electrons. The van der Waals surface area contributed by atoms with Crippen LogP contribution in [0.1, 0.15) is 23.0 Å². The molecule has 0 spiro atoms. The van der Waals surface area contributed by atoms with Crippen molar-refractivity contribution in [2.45, 2.75) is 19.4 Å². The maximum absolute atomic E-state index is 5.81. The minimum atomic E-state index is -0.00212. The van der Waals surface area contributed by atoms with Crippen molar-refractivity contribution in [2.24, 2.45) is 5.84 Å². The van der Waals surface area contributed by atoms with E-state index in [2.05, 4.69) is 36.0 Å². The molecule has 0 bridgehead atoms. The summed E-state index contributed by atoms with van der Waals surface area (Å²) < 4.78 is 1.18. The second kappa shape index (κ2) is 4.84. The van der Waals surface area contributed by atoms with Gasteiger partial charge in [0.25, 0.3) is 0 Å². The Morgan fingerprint density at radius 1 is 1.59 bits per heavy atom. The van der Waals surface area contributed by atoms with E-state index in [1.807, 2.05) is 7.05 Å². The van der Waals surface area contributed by atoms with Gasteiger partial charge in [0.15, 0.2) is 0 Å². The Hall–Kier alpha value is -1.41. The molecular weight excluding hydrogens is 230 g/mol. The first-order valence-electron chi connectivity index (χ1n) is 5.40. The van der Waals surface area contributed by atoms with E-state index < -0.39 is 0 Å². The van der Waals surface area contributed by atoms with Crippen LogP contribution in [0.2, 0.25) is 0 Å². The number of nitrogens with two attached hydrogens (primary N) is 1. The molecule has 0 aliphatic heterocycles. The predicted molar refractivity (Wildman–Crippen MR) is 72.5 cm³/mol. The quantitative estimate of drug-likeness (QED) is 0.513. The minimum absolute atomic E-state index is 0.00212. The lowest BCUT2D eigenvalue weighted by Gasteiger charge is -2.18. The lowest BCUT2D eigenvalue weighted by molar-refractivity contribution is 0.256. The van der Waals surface area contributed by atoms with Crippen molar-refractivity contribution in [3.8, 4) is 12.3 Å². The average molecular weight is 245 g/mol. The Balaban J connectivity index is 2.44. The number of hydrazine groups is 1. The third-order valence-corrected chi connectivity index (χ3v) is 3.79. The van der Waals surface area contributed by atoms with Gasteiger partial charge in [-0.2, -0.15) is 0 Å². The molecule has 0 aliphatic rings. The molecule has 0 fully saturated rings. The van der Waals surface area contributed by atoms with Gasteiger partial charge < -0.3 is 0 Å². The molecule has 2 N–H and O–H groups in total. The van der Waals surface area contributed by atoms with E-state index in [-0.39, 0.29) is 6.04 Å². The normalized spacial score (nSPS) is 12.9. The highest BCUT2D eigenvalue weighted by atomic mass is 32.1. The maximum Gasteiger partial charge on any atom is 0.113 e. The van der Waals surface area contributed by atoms with E-state index in [1.54, 1.807) is 16.3 Å². The number of hydrogen-bond donors (Lipinski definition) is 1. The molecule has 1 unspecified atom stereocenters. The van der Waals surface area contributed by atoms with Gasteiger partial charge in [-0.1, -0.05) is 6.07 Å². The van der Waals surface area contributed by atoms with Crippen LogP contribution < -0.4 is 5.84 Å². The molecular formula is C13H15N3S. The first kappa shape index (κ1) is 12.1. The Bertz CT molecular complexity index is 566. The molecule has 1 aromatic carbocycles. The smallest absolute Gasteiger partial charge is 0.113 e. The summed E-state index contributed by atoms with van der Waals surface area (Å²) in [6.45, 7) is 2.06. The Morgan fingerprint density at radius 2 is 2.35 bits per heavy atom. The van der Waals surface area contributed by atoms with Gasteiger partial charge in [-0.15, -0.1) is 23.7 Å². The molecule has 88 valence electrons. The van der Waals surface area contributed by atoms with E-state index in [0.717, 1.165) is 10.5 Å². The fourth-order valence-electron chi connectivity index (χ4n) is 1.71. The minimum Gasteiger partial charge on any atom is -0.268 e. The second-order valence-electron chi connectivity index (χ2n) is 4.11. The number of thiazole rings is 1. The largest absolute Gasteiger partial charge is 0.268 e. The zero-order valence-corrected chi connectivity index (χ0v) is 10.8. The molecule has 1 atom stereocenters. The van der Waals surface area contributed by atoms with Gasteiger partial charge in [0, 0.05) is 13.5 Å². The Kier molecular flexibility index (Phi) is 3.43. The van der Waals surface area contributed by atoms with Gasteiger partial charge in [0.2, 0.25) is 0 Å². The highest BCUT2D eigenvalue weighted by Gasteiger charge is 2.18. The number of aromatic nitrogens is 1. The summed E-state index contributed by atoms with van der Waals surface area (Å²) >= 11 is 1.65. The number of aryl methyl sites for hydroxylation is 1. The molecule has 1 heterocycles. The fraction of sp³-hybridized carbons (Fsp3) is 0.308. The molecule has 3 nitrogen and oxygen atoms in total. The molecule has 0 saturated heterocycles. The summed E-state index contributed by atoms with van der Waals surface area (Å²) in [5.41, 5.74) is 2.23. The van der Waals surface area contributed by atoms with Gasteiger partial charge in [-0.25, -0.2) is 9.99 Å². The molecule has 0 aliphatic carbocycles. The van der Waals surface area contributed by atoms with E-state index in [1.165, 1.54) is 10.3 Å². The van der Waals surface area contributed by atoms with Crippen molar-refractivity contribution in [1.29, 1.82) is 0 Å². The number of rotatable bonds is 3. The molecule has 4 heteroatoms. The van der Waals surface area contributed by atoms with E-state index in [0.29, 0.717) is 6.42 Å². The lowest BCUT2D eigenvalue weighted by atomic mass is 10.2. The van der Waals surface area contributed by atoms with E-state index in [9.17, 15) is 0 Å². The van der Waals surface area contributed by atoms with Gasteiger partial charge >= 0.3 is 0 Å². The van der Waals surface area contributed by atoms with Crippen LogP contribution in [0.25, 0.3) is 10.2 Å². The second-order valence-corrected chi connectivity index (χ2v) is 5.18. The Morgan fingerprint density at radius 3 is 3.00 bits per heavy atom. The Labute approximate surface area is 105 Å². The summed E-state index contributed by atoms with van der Waals surface area (Å²) in [4.78, 5) is 4.62. The molecule has 0 amide bonds. The highest BCUT2D eigenvalue weighted by Crippen LogP contribution is 2.30. The number of nitrogens with zero attached hydrogens (tertiary/aromatic N) is 2. The molecule has 0 saturated carbocycles. The van der Waals surface area contributed by atoms with Crippen LogP contribution in [0, 0.1) is 19.3 Å². The number of terminal acetylenes is 1. The monoisotopic (exact) mass is 245 g/mol. The summed E-state index contributed by atoms with van der Waals surface area (Å²) in [6, 6.07) is 6.26. The first-order valence-corrected chi connectivity index (χ1v) is 6.21. The molecule has 2 rings (SSSR count). The van der Waals surface area contributed by atoms with Gasteiger partial charge in [0.05, 0.1) is 16.3 Å². The van der Waals surface area contributed by atoms with Crippen LogP contribution in [0.3, 0.4) is 0 Å². The number of benzene rings is 1. The number of fused-ring (bicyclic) bond motifs is 1. The van der Waals surface area contributed by atoms with Crippen LogP contribution in [-0.2, 0) is 0 Å². The average Bonchev–Trinajstić information content (AvgIpc) is 2.67. The van der Waals surface area contributed by atoms with Gasteiger partial charge in [-0.05, 0) is 24.6 Å². The van der Waals surface area contributed by atoms with Crippen molar-refractivity contribution in [3.63, 3.8) is 0 Å². The van der Waals surface area contributed by atoms with Crippen molar-refractivity contribution >= 4 is 21.6 Å². The van der Waals surface area contributed by atoms with E-state index >= 15 is 0 Å². The van der Waals surface area contributed by atoms with Crippen LogP contribution in [0.15, 0.2) is 18.2 Å². The van der Waals surface area contributed by atoms with Crippen molar-refractivity contribution < 1.29 is 0 Å². The molecule has 1 aromatic heterocycles. The van der Waals surface area contributed by atoms with Crippen molar-refractivity contribution in [3.05, 3.63) is 28.8 Å². The standard InChI is InChI=1S/C13H15N3S/c1-4-5-11(16(3)14)13-15-10-8-9(2)6-7-12(10)17-13/h1,6-8,11H,5,14H2,2-3H3. The first-order chi connectivity index (χ1) is 8.11. The van der Waals surface area contributed by atoms with Gasteiger partial charge in [0.1, 0.15) is 5.01 Å². The number of hydrogen-bond acceptors (Lipinski definition) is 4. The zero-order valence-electron chi connectivity index (χ0n) is 9.97. The van der Waals surface area contributed by atoms with Crippen LogP contribution in [0.5, 0.6) is 0 Å². The SMILES string of the molecule is C#CCC(c1nc2cc(C)ccc2s1)N(C)N.